The van der Waals surface area contributed by atoms with E-state index in [1.165, 1.54) is 0 Å². The van der Waals surface area contributed by atoms with Crippen molar-refractivity contribution in [2.45, 2.75) is 20.4 Å². The maximum atomic E-state index is 12.8. The van der Waals surface area contributed by atoms with E-state index < -0.39 is 0 Å². The van der Waals surface area contributed by atoms with Crippen molar-refractivity contribution in [2.75, 3.05) is 11.9 Å². The third kappa shape index (κ3) is 5.95. The van der Waals surface area contributed by atoms with Gasteiger partial charge in [0.05, 0.1) is 12.2 Å². The maximum Gasteiger partial charge on any atom is 0.259 e. The van der Waals surface area contributed by atoms with Crippen LogP contribution in [0.15, 0.2) is 78.9 Å². The molecule has 0 aliphatic heterocycles. The first-order chi connectivity index (χ1) is 14.5. The smallest absolute Gasteiger partial charge is 0.259 e. The second-order valence-electron chi connectivity index (χ2n) is 7.40. The molecule has 0 aliphatic rings. The van der Waals surface area contributed by atoms with Gasteiger partial charge in [0, 0.05) is 17.8 Å². The van der Waals surface area contributed by atoms with Gasteiger partial charge in [0.1, 0.15) is 5.75 Å². The van der Waals surface area contributed by atoms with Crippen molar-refractivity contribution in [2.24, 2.45) is 5.92 Å². The van der Waals surface area contributed by atoms with E-state index >= 15 is 0 Å². The topological polar surface area (TPSA) is 67.4 Å². The van der Waals surface area contributed by atoms with Crippen molar-refractivity contribution >= 4 is 17.5 Å². The zero-order valence-corrected chi connectivity index (χ0v) is 17.2. The molecule has 0 aliphatic carbocycles. The number of hydrogen-bond acceptors (Lipinski definition) is 3. The number of benzene rings is 3. The van der Waals surface area contributed by atoms with Crippen LogP contribution in [-0.4, -0.2) is 18.4 Å². The van der Waals surface area contributed by atoms with E-state index in [0.29, 0.717) is 41.6 Å². The van der Waals surface area contributed by atoms with Gasteiger partial charge in [0.2, 0.25) is 0 Å². The Balaban J connectivity index is 1.66. The van der Waals surface area contributed by atoms with Crippen molar-refractivity contribution < 1.29 is 14.3 Å². The molecule has 0 heterocycles. The normalized spacial score (nSPS) is 10.5. The quantitative estimate of drug-likeness (QED) is 0.563. The monoisotopic (exact) mass is 402 g/mol. The van der Waals surface area contributed by atoms with Gasteiger partial charge in [-0.2, -0.15) is 0 Å². The molecule has 3 rings (SSSR count). The predicted molar refractivity (Wildman–Crippen MR) is 119 cm³/mol. The summed E-state index contributed by atoms with van der Waals surface area (Å²) in [5.41, 5.74) is 2.50. The van der Waals surface area contributed by atoms with Crippen LogP contribution >= 0.6 is 0 Å². The average molecular weight is 402 g/mol. The molecular weight excluding hydrogens is 376 g/mol. The third-order valence-corrected chi connectivity index (χ3v) is 4.38. The molecule has 30 heavy (non-hydrogen) atoms. The Bertz CT molecular complexity index is 1000. The van der Waals surface area contributed by atoms with Crippen molar-refractivity contribution in [3.05, 3.63) is 95.6 Å². The molecule has 0 saturated carbocycles. The number of hydrogen-bond donors (Lipinski definition) is 2. The molecule has 0 aromatic heterocycles. The second kappa shape index (κ2) is 10.3. The third-order valence-electron chi connectivity index (χ3n) is 4.38. The predicted octanol–water partition coefficient (Wildman–Crippen LogP) is 4.90. The highest BCUT2D eigenvalue weighted by molar-refractivity contribution is 6.06. The lowest BCUT2D eigenvalue weighted by Gasteiger charge is -2.13. The summed E-state index contributed by atoms with van der Waals surface area (Å²) in [7, 11) is 0. The average Bonchev–Trinajstić information content (AvgIpc) is 2.77. The Morgan fingerprint density at radius 1 is 0.867 bits per heavy atom. The molecule has 154 valence electrons. The molecule has 0 saturated heterocycles. The summed E-state index contributed by atoms with van der Waals surface area (Å²) < 4.78 is 5.77. The van der Waals surface area contributed by atoms with E-state index in [2.05, 4.69) is 24.5 Å². The first-order valence-electron chi connectivity index (χ1n) is 9.98. The van der Waals surface area contributed by atoms with Crippen LogP contribution in [0.3, 0.4) is 0 Å². The lowest BCUT2D eigenvalue weighted by atomic mass is 10.1. The van der Waals surface area contributed by atoms with Crippen LogP contribution in [0.25, 0.3) is 0 Å². The van der Waals surface area contributed by atoms with Crippen LogP contribution in [-0.2, 0) is 6.54 Å². The van der Waals surface area contributed by atoms with Gasteiger partial charge < -0.3 is 15.4 Å². The molecular formula is C25H26N2O3. The summed E-state index contributed by atoms with van der Waals surface area (Å²) in [6, 6.07) is 23.7. The molecule has 0 unspecified atom stereocenters. The Labute approximate surface area is 177 Å². The summed E-state index contributed by atoms with van der Waals surface area (Å²) in [5, 5.41) is 5.75. The number of para-hydroxylation sites is 1. The van der Waals surface area contributed by atoms with Crippen LogP contribution in [0.4, 0.5) is 5.69 Å². The number of rotatable bonds is 8. The Morgan fingerprint density at radius 3 is 2.37 bits per heavy atom. The van der Waals surface area contributed by atoms with Gasteiger partial charge in [0.25, 0.3) is 11.8 Å². The van der Waals surface area contributed by atoms with E-state index in [0.717, 1.165) is 5.56 Å². The lowest BCUT2D eigenvalue weighted by molar-refractivity contribution is 0.0949. The van der Waals surface area contributed by atoms with Gasteiger partial charge in [0.15, 0.2) is 0 Å². The largest absolute Gasteiger partial charge is 0.492 e. The van der Waals surface area contributed by atoms with Crippen LogP contribution in [0, 0.1) is 5.92 Å². The minimum Gasteiger partial charge on any atom is -0.492 e. The summed E-state index contributed by atoms with van der Waals surface area (Å²) in [5.74, 6) is 0.416. The number of ether oxygens (including phenoxy) is 1. The zero-order chi connectivity index (χ0) is 21.3. The van der Waals surface area contributed by atoms with E-state index in [9.17, 15) is 9.59 Å². The number of carbonyl (C=O) groups is 2. The molecule has 5 heteroatoms. The van der Waals surface area contributed by atoms with Crippen molar-refractivity contribution in [3.8, 4) is 5.75 Å². The standard InChI is InChI=1S/C25H26N2O3/c1-18(2)17-30-23-14-7-6-13-22(23)25(29)27-21-12-8-11-20(15-21)24(28)26-16-19-9-4-3-5-10-19/h3-15,18H,16-17H2,1-2H3,(H,26,28)(H,27,29). The molecule has 3 aromatic rings. The molecule has 5 nitrogen and oxygen atoms in total. The molecule has 2 N–H and O–H groups in total. The summed E-state index contributed by atoms with van der Waals surface area (Å²) in [6.07, 6.45) is 0. The Hall–Kier alpha value is -3.60. The number of anilines is 1. The van der Waals surface area contributed by atoms with Gasteiger partial charge in [-0.25, -0.2) is 0 Å². The molecule has 0 fully saturated rings. The van der Waals surface area contributed by atoms with Crippen molar-refractivity contribution in [1.29, 1.82) is 0 Å². The maximum absolute atomic E-state index is 12.8. The summed E-state index contributed by atoms with van der Waals surface area (Å²) in [4.78, 5) is 25.3. The molecule has 3 aromatic carbocycles. The van der Waals surface area contributed by atoms with Crippen molar-refractivity contribution in [1.82, 2.24) is 5.32 Å². The molecule has 0 bridgehead atoms. The van der Waals surface area contributed by atoms with E-state index in [1.54, 1.807) is 42.5 Å². The van der Waals surface area contributed by atoms with Gasteiger partial charge in [-0.1, -0.05) is 62.4 Å². The highest BCUT2D eigenvalue weighted by Gasteiger charge is 2.14. The second-order valence-corrected chi connectivity index (χ2v) is 7.40. The minimum atomic E-state index is -0.281. The van der Waals surface area contributed by atoms with Crippen LogP contribution < -0.4 is 15.4 Å². The van der Waals surface area contributed by atoms with Gasteiger partial charge in [-0.15, -0.1) is 0 Å². The lowest BCUT2D eigenvalue weighted by Crippen LogP contribution is -2.23. The van der Waals surface area contributed by atoms with Gasteiger partial charge in [-0.05, 0) is 41.8 Å². The van der Waals surface area contributed by atoms with Crippen LogP contribution in [0.5, 0.6) is 5.75 Å². The molecule has 0 atom stereocenters. The minimum absolute atomic E-state index is 0.199. The Kier molecular flexibility index (Phi) is 7.22. The van der Waals surface area contributed by atoms with E-state index in [4.69, 9.17) is 4.74 Å². The SMILES string of the molecule is CC(C)COc1ccccc1C(=O)Nc1cccc(C(=O)NCc2ccccc2)c1. The fraction of sp³-hybridized carbons (Fsp3) is 0.200. The summed E-state index contributed by atoms with van der Waals surface area (Å²) >= 11 is 0. The highest BCUT2D eigenvalue weighted by atomic mass is 16.5. The zero-order valence-electron chi connectivity index (χ0n) is 17.2. The molecule has 0 spiro atoms. The fourth-order valence-corrected chi connectivity index (χ4v) is 2.85. The fourth-order valence-electron chi connectivity index (χ4n) is 2.85. The van der Waals surface area contributed by atoms with Crippen LogP contribution in [0.1, 0.15) is 40.1 Å². The van der Waals surface area contributed by atoms with E-state index in [1.807, 2.05) is 36.4 Å². The van der Waals surface area contributed by atoms with Gasteiger partial charge in [-0.3, -0.25) is 9.59 Å². The molecule has 0 radical (unpaired) electrons. The highest BCUT2D eigenvalue weighted by Crippen LogP contribution is 2.21. The first-order valence-corrected chi connectivity index (χ1v) is 9.98. The summed E-state index contributed by atoms with van der Waals surface area (Å²) in [6.45, 7) is 5.08. The number of amides is 2. The van der Waals surface area contributed by atoms with Crippen molar-refractivity contribution in [3.63, 3.8) is 0 Å². The van der Waals surface area contributed by atoms with Crippen LogP contribution in [0.2, 0.25) is 0 Å². The van der Waals surface area contributed by atoms with Gasteiger partial charge >= 0.3 is 0 Å². The number of carbonyl (C=O) groups excluding carboxylic acids is 2. The van der Waals surface area contributed by atoms with E-state index in [-0.39, 0.29) is 11.8 Å². The number of nitrogens with one attached hydrogen (secondary N) is 2. The molecule has 2 amide bonds. The first kappa shape index (κ1) is 21.1. The Morgan fingerprint density at radius 2 is 1.60 bits per heavy atom.